The third-order valence-corrected chi connectivity index (χ3v) is 0.879. The van der Waals surface area contributed by atoms with Crippen molar-refractivity contribution in [2.24, 2.45) is 0 Å². The van der Waals surface area contributed by atoms with Gasteiger partial charge in [-0.15, -0.1) is 0 Å². The molecule has 0 spiro atoms. The maximum Gasteiger partial charge on any atom is 0.104 e. The largest absolute Gasteiger partial charge is 0.244 e. The Morgan fingerprint density at radius 1 is 1.00 bits per heavy atom. The summed E-state index contributed by atoms with van der Waals surface area (Å²) < 4.78 is 4.34. The van der Waals surface area contributed by atoms with Crippen LogP contribution in [0.1, 0.15) is 25.2 Å². The van der Waals surface area contributed by atoms with Gasteiger partial charge in [0.05, 0.1) is 0 Å². The van der Waals surface area contributed by atoms with E-state index < -0.39 is 0 Å². The van der Waals surface area contributed by atoms with Crippen LogP contribution in [-0.2, 0) is 0 Å². The Balaban J connectivity index is 0.000000291. The average molecular weight is 128 g/mol. The van der Waals surface area contributed by atoms with E-state index in [1.165, 1.54) is 0 Å². The summed E-state index contributed by atoms with van der Waals surface area (Å²) >= 11 is 0. The van der Waals surface area contributed by atoms with Gasteiger partial charge in [-0.05, 0) is 13.8 Å². The molecule has 0 bridgehead atoms. The molecule has 0 N–H and O–H groups in total. The molecule has 1 aromatic rings. The number of aryl methyl sites for hydroxylation is 2. The van der Waals surface area contributed by atoms with Gasteiger partial charge < -0.3 is 0 Å². The molecule has 0 aromatic carbocycles. The van der Waals surface area contributed by atoms with Crippen molar-refractivity contribution in [1.29, 1.82) is 0 Å². The Hall–Kier alpha value is -0.860. The van der Waals surface area contributed by atoms with Crippen molar-refractivity contribution < 1.29 is 4.63 Å². The molecule has 0 atom stereocenters. The van der Waals surface area contributed by atoms with Gasteiger partial charge in [0.2, 0.25) is 0 Å². The van der Waals surface area contributed by atoms with Crippen LogP contribution in [0.25, 0.3) is 0 Å². The van der Waals surface area contributed by atoms with Gasteiger partial charge in [0.25, 0.3) is 0 Å². The topological polar surface area (TPSA) is 38.9 Å². The van der Waals surface area contributed by atoms with Gasteiger partial charge in [0.15, 0.2) is 0 Å². The van der Waals surface area contributed by atoms with Crippen molar-refractivity contribution in [3.8, 4) is 0 Å². The first-order chi connectivity index (χ1) is 4.30. The molecular formula is C6H12N2O. The van der Waals surface area contributed by atoms with Crippen molar-refractivity contribution in [3.63, 3.8) is 0 Å². The quantitative estimate of drug-likeness (QED) is 0.534. The molecule has 0 saturated carbocycles. The van der Waals surface area contributed by atoms with E-state index in [9.17, 15) is 0 Å². The number of aromatic nitrogens is 2. The Bertz CT molecular complexity index is 143. The van der Waals surface area contributed by atoms with Crippen LogP contribution in [0.3, 0.4) is 0 Å². The third kappa shape index (κ3) is 2.26. The van der Waals surface area contributed by atoms with Crippen molar-refractivity contribution in [2.75, 3.05) is 0 Å². The summed E-state index contributed by atoms with van der Waals surface area (Å²) in [7, 11) is 0. The first-order valence-corrected chi connectivity index (χ1v) is 3.06. The molecule has 52 valence electrons. The molecule has 0 fully saturated rings. The molecule has 0 aliphatic heterocycles. The van der Waals surface area contributed by atoms with E-state index in [1.54, 1.807) is 0 Å². The van der Waals surface area contributed by atoms with Crippen LogP contribution in [0.15, 0.2) is 4.63 Å². The summed E-state index contributed by atoms with van der Waals surface area (Å²) in [5.41, 5.74) is 1.72. The Labute approximate surface area is 55.0 Å². The molecule has 0 radical (unpaired) electrons. The van der Waals surface area contributed by atoms with E-state index in [4.69, 9.17) is 0 Å². The number of nitrogens with zero attached hydrogens (tertiary/aromatic N) is 2. The molecule has 0 aliphatic carbocycles. The zero-order valence-corrected chi connectivity index (χ0v) is 6.30. The highest BCUT2D eigenvalue weighted by atomic mass is 16.6. The fourth-order valence-corrected chi connectivity index (χ4v) is 0.275. The van der Waals surface area contributed by atoms with Gasteiger partial charge in [0, 0.05) is 0 Å². The lowest BCUT2D eigenvalue weighted by Gasteiger charge is -1.71. The minimum absolute atomic E-state index is 0.861. The second kappa shape index (κ2) is 4.06. The average Bonchev–Trinajstić information content (AvgIpc) is 2.23. The predicted molar refractivity (Wildman–Crippen MR) is 35.1 cm³/mol. The van der Waals surface area contributed by atoms with Crippen LogP contribution in [0.4, 0.5) is 0 Å². The highest BCUT2D eigenvalue weighted by Gasteiger charge is 1.93. The number of rotatable bonds is 0. The van der Waals surface area contributed by atoms with Crippen LogP contribution >= 0.6 is 0 Å². The number of hydrogen-bond donors (Lipinski definition) is 0. The van der Waals surface area contributed by atoms with Crippen molar-refractivity contribution in [1.82, 2.24) is 10.3 Å². The van der Waals surface area contributed by atoms with Gasteiger partial charge in [-0.1, -0.05) is 24.2 Å². The highest BCUT2D eigenvalue weighted by molar-refractivity contribution is 5.00. The maximum atomic E-state index is 4.34. The SMILES string of the molecule is CC.Cc1nonc1C. The van der Waals surface area contributed by atoms with Crippen LogP contribution in [-0.4, -0.2) is 10.3 Å². The predicted octanol–water partition coefficient (Wildman–Crippen LogP) is 1.71. The van der Waals surface area contributed by atoms with E-state index >= 15 is 0 Å². The third-order valence-electron chi connectivity index (χ3n) is 0.879. The van der Waals surface area contributed by atoms with Crippen LogP contribution in [0.5, 0.6) is 0 Å². The lowest BCUT2D eigenvalue weighted by Crippen LogP contribution is -1.71. The molecule has 9 heavy (non-hydrogen) atoms. The van der Waals surface area contributed by atoms with Gasteiger partial charge in [0.1, 0.15) is 11.4 Å². The summed E-state index contributed by atoms with van der Waals surface area (Å²) in [5, 5.41) is 7.06. The highest BCUT2D eigenvalue weighted by Crippen LogP contribution is 1.94. The van der Waals surface area contributed by atoms with E-state index in [0.29, 0.717) is 0 Å². The normalized spacial score (nSPS) is 8.00. The van der Waals surface area contributed by atoms with Crippen molar-refractivity contribution in [2.45, 2.75) is 27.7 Å². The van der Waals surface area contributed by atoms with Gasteiger partial charge in [-0.3, -0.25) is 0 Å². The Kier molecular flexibility index (Phi) is 3.67. The molecule has 1 rings (SSSR count). The van der Waals surface area contributed by atoms with Crippen molar-refractivity contribution >= 4 is 0 Å². The first kappa shape index (κ1) is 8.14. The first-order valence-electron chi connectivity index (χ1n) is 3.06. The van der Waals surface area contributed by atoms with Crippen LogP contribution < -0.4 is 0 Å². The molecule has 0 aliphatic rings. The molecule has 1 heterocycles. The summed E-state index contributed by atoms with van der Waals surface area (Å²) in [4.78, 5) is 0. The van der Waals surface area contributed by atoms with Gasteiger partial charge in [-0.25, -0.2) is 4.63 Å². The van der Waals surface area contributed by atoms with Crippen molar-refractivity contribution in [3.05, 3.63) is 11.4 Å². The second-order valence-electron chi connectivity index (χ2n) is 1.44. The fraction of sp³-hybridized carbons (Fsp3) is 0.667. The van der Waals surface area contributed by atoms with Crippen LogP contribution in [0, 0.1) is 13.8 Å². The minimum atomic E-state index is 0.861. The summed E-state index contributed by atoms with van der Waals surface area (Å²) in [6.45, 7) is 7.71. The molecule has 0 saturated heterocycles. The maximum absolute atomic E-state index is 4.34. The zero-order chi connectivity index (χ0) is 7.28. The summed E-state index contributed by atoms with van der Waals surface area (Å²) in [5.74, 6) is 0. The van der Waals surface area contributed by atoms with E-state index in [2.05, 4.69) is 14.9 Å². The summed E-state index contributed by atoms with van der Waals surface area (Å²) in [6.07, 6.45) is 0. The summed E-state index contributed by atoms with van der Waals surface area (Å²) in [6, 6.07) is 0. The molecule has 1 aromatic heterocycles. The number of hydrogen-bond acceptors (Lipinski definition) is 3. The second-order valence-corrected chi connectivity index (χ2v) is 1.44. The minimum Gasteiger partial charge on any atom is -0.244 e. The van der Waals surface area contributed by atoms with Gasteiger partial charge in [-0.2, -0.15) is 0 Å². The standard InChI is InChI=1S/C4H6N2O.C2H6/c1-3-4(2)6-7-5-3;1-2/h1-2H3;1-2H3. The van der Waals surface area contributed by atoms with E-state index in [1.807, 2.05) is 27.7 Å². The van der Waals surface area contributed by atoms with E-state index in [-0.39, 0.29) is 0 Å². The molecule has 0 amide bonds. The van der Waals surface area contributed by atoms with E-state index in [0.717, 1.165) is 11.4 Å². The smallest absolute Gasteiger partial charge is 0.104 e. The lowest BCUT2D eigenvalue weighted by molar-refractivity contribution is 0.302. The van der Waals surface area contributed by atoms with Gasteiger partial charge >= 0.3 is 0 Å². The molecule has 3 nitrogen and oxygen atoms in total. The molecular weight excluding hydrogens is 116 g/mol. The lowest BCUT2D eigenvalue weighted by atomic mass is 10.4. The fourth-order valence-electron chi connectivity index (χ4n) is 0.275. The molecule has 0 unspecified atom stereocenters. The Morgan fingerprint density at radius 3 is 1.44 bits per heavy atom. The monoisotopic (exact) mass is 128 g/mol. The Morgan fingerprint density at radius 2 is 1.33 bits per heavy atom. The van der Waals surface area contributed by atoms with Crippen LogP contribution in [0.2, 0.25) is 0 Å². The molecule has 3 heteroatoms. The zero-order valence-electron chi connectivity index (χ0n) is 6.30.